The Hall–Kier alpha value is -3.31. The summed E-state index contributed by atoms with van der Waals surface area (Å²) in [7, 11) is 8.33. The lowest BCUT2D eigenvalue weighted by Crippen LogP contribution is -2.27. The van der Waals surface area contributed by atoms with E-state index in [4.69, 9.17) is 0 Å². The number of hydrogen-bond donors (Lipinski definition) is 1. The fourth-order valence-corrected chi connectivity index (χ4v) is 5.03. The lowest BCUT2D eigenvalue weighted by atomic mass is 10.1. The van der Waals surface area contributed by atoms with Crippen LogP contribution in [0.4, 0.5) is 28.4 Å². The Morgan fingerprint density at radius 1 is 0.677 bits per heavy atom. The first-order valence-corrected chi connectivity index (χ1v) is 11.2. The van der Waals surface area contributed by atoms with Crippen LogP contribution in [-0.2, 0) is 0 Å². The molecular weight excluding hydrogens is 400 g/mol. The number of anilines is 5. The van der Waals surface area contributed by atoms with Gasteiger partial charge in [0.05, 0.1) is 17.1 Å². The van der Waals surface area contributed by atoms with Crippen molar-refractivity contribution in [2.45, 2.75) is 9.79 Å². The van der Waals surface area contributed by atoms with Crippen LogP contribution in [0.15, 0.2) is 88.7 Å². The van der Waals surface area contributed by atoms with Crippen molar-refractivity contribution in [3.63, 3.8) is 0 Å². The summed E-state index contributed by atoms with van der Waals surface area (Å²) in [5, 5.41) is 4.66. The molecule has 0 bridgehead atoms. The molecule has 1 aliphatic rings. The predicted molar refractivity (Wildman–Crippen MR) is 135 cm³/mol. The minimum atomic E-state index is 1.09. The zero-order valence-electron chi connectivity index (χ0n) is 18.3. The average molecular weight is 427 g/mol. The van der Waals surface area contributed by atoms with Gasteiger partial charge >= 0.3 is 0 Å². The molecule has 0 amide bonds. The van der Waals surface area contributed by atoms with Gasteiger partial charge in [-0.05, 0) is 47.9 Å². The molecule has 0 radical (unpaired) electrons. The molecule has 0 spiro atoms. The van der Waals surface area contributed by atoms with Crippen LogP contribution in [0.3, 0.4) is 0 Å². The monoisotopic (exact) mass is 426 g/mol. The lowest BCUT2D eigenvalue weighted by molar-refractivity contribution is 1.06. The van der Waals surface area contributed by atoms with E-state index in [9.17, 15) is 0 Å². The number of rotatable bonds is 4. The fourth-order valence-electron chi connectivity index (χ4n) is 3.91. The molecule has 4 nitrogen and oxygen atoms in total. The highest BCUT2D eigenvalue weighted by molar-refractivity contribution is 7.99. The highest BCUT2D eigenvalue weighted by atomic mass is 32.2. The molecule has 1 heterocycles. The Bertz CT molecular complexity index is 1200. The number of benzene rings is 4. The molecule has 0 saturated carbocycles. The standard InChI is InChI=1S/C26H26N4S/c1-28(2)19-12-14-23-25(16-19)31-26-17-20(29(3)4)13-15-24(26)30(23)27-22-11-7-9-18-8-5-6-10-21(18)22/h5-17,27H,1-4H3. The second-order valence-electron chi connectivity index (χ2n) is 8.17. The number of hydrogen-bond acceptors (Lipinski definition) is 5. The number of fused-ring (bicyclic) bond motifs is 3. The Kier molecular flexibility index (Phi) is 4.91. The third-order valence-electron chi connectivity index (χ3n) is 5.64. The molecule has 0 unspecified atom stereocenters. The van der Waals surface area contributed by atoms with Crippen LogP contribution in [0.1, 0.15) is 0 Å². The van der Waals surface area contributed by atoms with E-state index in [1.807, 2.05) is 11.8 Å². The fraction of sp³-hybridized carbons (Fsp3) is 0.154. The van der Waals surface area contributed by atoms with Gasteiger partial charge in [-0.15, -0.1) is 0 Å². The molecule has 1 aliphatic heterocycles. The van der Waals surface area contributed by atoms with Gasteiger partial charge in [0, 0.05) is 54.7 Å². The highest BCUT2D eigenvalue weighted by Crippen LogP contribution is 2.50. The summed E-state index contributed by atoms with van der Waals surface area (Å²) < 4.78 is 0. The molecule has 0 atom stereocenters. The first-order chi connectivity index (χ1) is 15.0. The molecule has 0 fully saturated rings. The van der Waals surface area contributed by atoms with Gasteiger partial charge in [-0.3, -0.25) is 10.4 Å². The van der Waals surface area contributed by atoms with Gasteiger partial charge in [0.25, 0.3) is 0 Å². The molecule has 0 aromatic heterocycles. The van der Waals surface area contributed by atoms with Crippen molar-refractivity contribution in [1.29, 1.82) is 0 Å². The topological polar surface area (TPSA) is 21.8 Å². The van der Waals surface area contributed by atoms with Gasteiger partial charge in [-0.2, -0.15) is 0 Å². The molecule has 31 heavy (non-hydrogen) atoms. The SMILES string of the molecule is CN(C)c1ccc2c(c1)Sc1cc(N(C)C)ccc1N2Nc1cccc2ccccc12. The average Bonchev–Trinajstić information content (AvgIpc) is 2.78. The van der Waals surface area contributed by atoms with Crippen molar-refractivity contribution < 1.29 is 0 Å². The molecule has 0 saturated heterocycles. The van der Waals surface area contributed by atoms with Crippen molar-refractivity contribution in [3.8, 4) is 0 Å². The molecule has 5 heteroatoms. The van der Waals surface area contributed by atoms with Crippen molar-refractivity contribution in [2.75, 3.05) is 48.4 Å². The summed E-state index contributed by atoms with van der Waals surface area (Å²) in [6, 6.07) is 28.2. The summed E-state index contributed by atoms with van der Waals surface area (Å²) >= 11 is 1.83. The van der Waals surface area contributed by atoms with Crippen LogP contribution in [-0.4, -0.2) is 28.2 Å². The summed E-state index contributed by atoms with van der Waals surface area (Å²) in [6.45, 7) is 0. The first-order valence-electron chi connectivity index (χ1n) is 10.4. The summed E-state index contributed by atoms with van der Waals surface area (Å²) in [4.78, 5) is 6.77. The Balaban J connectivity index is 1.65. The van der Waals surface area contributed by atoms with Crippen LogP contribution >= 0.6 is 11.8 Å². The molecule has 0 aliphatic carbocycles. The van der Waals surface area contributed by atoms with Crippen LogP contribution in [0, 0.1) is 0 Å². The summed E-state index contributed by atoms with van der Waals surface area (Å²) in [5.41, 5.74) is 9.54. The van der Waals surface area contributed by atoms with E-state index in [-0.39, 0.29) is 0 Å². The largest absolute Gasteiger partial charge is 0.378 e. The predicted octanol–water partition coefficient (Wildman–Crippen LogP) is 6.60. The summed E-state index contributed by atoms with van der Waals surface area (Å²) in [5.74, 6) is 0. The van der Waals surface area contributed by atoms with Gasteiger partial charge in [-0.25, -0.2) is 0 Å². The molecular formula is C26H26N4S. The quantitative estimate of drug-likeness (QED) is 0.396. The van der Waals surface area contributed by atoms with Gasteiger partial charge < -0.3 is 9.80 Å². The zero-order chi connectivity index (χ0) is 21.5. The van der Waals surface area contributed by atoms with Crippen LogP contribution in [0.2, 0.25) is 0 Å². The second-order valence-corrected chi connectivity index (χ2v) is 9.25. The normalized spacial score (nSPS) is 12.3. The Morgan fingerprint density at radius 2 is 1.26 bits per heavy atom. The number of nitrogens with zero attached hydrogens (tertiary/aromatic N) is 3. The van der Waals surface area contributed by atoms with Gasteiger partial charge in [0.2, 0.25) is 0 Å². The van der Waals surface area contributed by atoms with Crippen molar-refractivity contribution in [1.82, 2.24) is 0 Å². The highest BCUT2D eigenvalue weighted by Gasteiger charge is 2.25. The Morgan fingerprint density at radius 3 is 1.87 bits per heavy atom. The van der Waals surface area contributed by atoms with Crippen molar-refractivity contribution in [2.24, 2.45) is 0 Å². The minimum absolute atomic E-state index is 1.09. The van der Waals surface area contributed by atoms with Crippen LogP contribution in [0.25, 0.3) is 10.8 Å². The van der Waals surface area contributed by atoms with Crippen LogP contribution < -0.4 is 20.2 Å². The maximum atomic E-state index is 3.73. The van der Waals surface area contributed by atoms with E-state index in [1.54, 1.807) is 0 Å². The van der Waals surface area contributed by atoms with Gasteiger partial charge in [0.15, 0.2) is 0 Å². The minimum Gasteiger partial charge on any atom is -0.378 e. The second kappa shape index (κ2) is 7.75. The van der Waals surface area contributed by atoms with E-state index in [0.29, 0.717) is 0 Å². The molecule has 4 aromatic carbocycles. The third-order valence-corrected chi connectivity index (χ3v) is 6.74. The first kappa shape index (κ1) is 19.6. The molecule has 156 valence electrons. The van der Waals surface area contributed by atoms with E-state index >= 15 is 0 Å². The maximum absolute atomic E-state index is 3.73. The molecule has 5 rings (SSSR count). The van der Waals surface area contributed by atoms with Crippen LogP contribution in [0.5, 0.6) is 0 Å². The third kappa shape index (κ3) is 3.55. The zero-order valence-corrected chi connectivity index (χ0v) is 19.1. The summed E-state index contributed by atoms with van der Waals surface area (Å²) in [6.07, 6.45) is 0. The number of nitrogens with one attached hydrogen (secondary N) is 1. The smallest absolute Gasteiger partial charge is 0.0771 e. The van der Waals surface area contributed by atoms with Crippen molar-refractivity contribution >= 4 is 51.0 Å². The molecule has 4 aromatic rings. The van der Waals surface area contributed by atoms with E-state index in [1.165, 1.54) is 31.9 Å². The van der Waals surface area contributed by atoms with E-state index in [0.717, 1.165) is 17.1 Å². The number of hydrazine groups is 1. The van der Waals surface area contributed by atoms with Gasteiger partial charge in [0.1, 0.15) is 0 Å². The Labute approximate surface area is 188 Å². The van der Waals surface area contributed by atoms with Gasteiger partial charge in [-0.1, -0.05) is 48.2 Å². The van der Waals surface area contributed by atoms with Crippen molar-refractivity contribution in [3.05, 3.63) is 78.9 Å². The molecule has 1 N–H and O–H groups in total. The van der Waals surface area contributed by atoms with E-state index < -0.39 is 0 Å². The van der Waals surface area contributed by atoms with E-state index in [2.05, 4.69) is 127 Å². The maximum Gasteiger partial charge on any atom is 0.0771 e. The lowest BCUT2D eigenvalue weighted by Gasteiger charge is -2.35.